The van der Waals surface area contributed by atoms with E-state index in [2.05, 4.69) is 50.7 Å². The number of hydrogen-bond donors (Lipinski definition) is 3. The number of rotatable bonds is 6. The number of aromatic nitrogens is 4. The lowest BCUT2D eigenvalue weighted by Crippen LogP contribution is -2.26. The second-order valence-electron chi connectivity index (χ2n) is 4.84. The van der Waals surface area contributed by atoms with Crippen LogP contribution in [0.5, 0.6) is 0 Å². The molecular formula is C12H20N6S. The highest BCUT2D eigenvalue weighted by atomic mass is 32.2. The van der Waals surface area contributed by atoms with E-state index in [9.17, 15) is 0 Å². The van der Waals surface area contributed by atoms with Crippen LogP contribution in [0.3, 0.4) is 0 Å². The summed E-state index contributed by atoms with van der Waals surface area (Å²) in [6, 6.07) is 0. The maximum absolute atomic E-state index is 4.49. The van der Waals surface area contributed by atoms with Gasteiger partial charge in [0.15, 0.2) is 11.5 Å². The van der Waals surface area contributed by atoms with Gasteiger partial charge in [-0.2, -0.15) is 21.7 Å². The minimum Gasteiger partial charge on any atom is -0.367 e. The molecule has 2 aromatic rings. The number of anilines is 2. The average molecular weight is 280 g/mol. The van der Waals surface area contributed by atoms with Crippen LogP contribution in [0, 0.1) is 0 Å². The average Bonchev–Trinajstić information content (AvgIpc) is 2.85. The molecule has 0 aliphatic carbocycles. The standard InChI is InChI=1S/C12H20N6S/c1-5-13-11-17-9(14-6-12(2,3)19-4)8-10(18-11)16-7-15-8/h7H,5-6H2,1-4H3,(H3,13,14,15,16,17,18). The van der Waals surface area contributed by atoms with Crippen LogP contribution in [0.2, 0.25) is 0 Å². The minimum absolute atomic E-state index is 0.148. The van der Waals surface area contributed by atoms with Gasteiger partial charge in [-0.15, -0.1) is 0 Å². The van der Waals surface area contributed by atoms with E-state index in [4.69, 9.17) is 0 Å². The van der Waals surface area contributed by atoms with Crippen LogP contribution in [0.15, 0.2) is 6.33 Å². The second kappa shape index (κ2) is 5.64. The molecule has 0 bridgehead atoms. The highest BCUT2D eigenvalue weighted by Gasteiger charge is 2.17. The smallest absolute Gasteiger partial charge is 0.226 e. The number of aromatic amines is 1. The predicted octanol–water partition coefficient (Wildman–Crippen LogP) is 2.34. The summed E-state index contributed by atoms with van der Waals surface area (Å²) in [5.41, 5.74) is 1.52. The Hall–Kier alpha value is -1.50. The van der Waals surface area contributed by atoms with E-state index in [-0.39, 0.29) is 4.75 Å². The monoisotopic (exact) mass is 280 g/mol. The molecule has 0 saturated heterocycles. The first kappa shape index (κ1) is 13.9. The van der Waals surface area contributed by atoms with Crippen LogP contribution in [0.25, 0.3) is 11.2 Å². The number of nitrogens with zero attached hydrogens (tertiary/aromatic N) is 3. The topological polar surface area (TPSA) is 78.5 Å². The zero-order valence-electron chi connectivity index (χ0n) is 11.7. The summed E-state index contributed by atoms with van der Waals surface area (Å²) in [5.74, 6) is 1.40. The Morgan fingerprint density at radius 1 is 1.32 bits per heavy atom. The Bertz CT molecular complexity index is 550. The van der Waals surface area contributed by atoms with Gasteiger partial charge in [0, 0.05) is 17.8 Å². The number of H-pyrrole nitrogens is 1. The van der Waals surface area contributed by atoms with Crippen molar-refractivity contribution >= 4 is 34.7 Å². The van der Waals surface area contributed by atoms with Gasteiger partial charge in [-0.1, -0.05) is 0 Å². The number of thioether (sulfide) groups is 1. The molecule has 19 heavy (non-hydrogen) atoms. The first-order valence-corrected chi connectivity index (χ1v) is 7.52. The summed E-state index contributed by atoms with van der Waals surface area (Å²) >= 11 is 1.82. The van der Waals surface area contributed by atoms with Crippen molar-refractivity contribution in [2.75, 3.05) is 30.0 Å². The molecule has 0 fully saturated rings. The van der Waals surface area contributed by atoms with Gasteiger partial charge in [0.05, 0.1) is 6.33 Å². The minimum atomic E-state index is 0.148. The van der Waals surface area contributed by atoms with Gasteiger partial charge >= 0.3 is 0 Å². The van der Waals surface area contributed by atoms with Crippen molar-refractivity contribution in [1.29, 1.82) is 0 Å². The lowest BCUT2D eigenvalue weighted by molar-refractivity contribution is 0.750. The summed E-state index contributed by atoms with van der Waals surface area (Å²) in [6.07, 6.45) is 3.75. The highest BCUT2D eigenvalue weighted by molar-refractivity contribution is 7.99. The lowest BCUT2D eigenvalue weighted by Gasteiger charge is -2.22. The molecule has 0 aliphatic heterocycles. The van der Waals surface area contributed by atoms with E-state index in [0.29, 0.717) is 11.6 Å². The van der Waals surface area contributed by atoms with Gasteiger partial charge in [0.1, 0.15) is 5.52 Å². The van der Waals surface area contributed by atoms with Crippen LogP contribution < -0.4 is 10.6 Å². The van der Waals surface area contributed by atoms with Crippen LogP contribution >= 0.6 is 11.8 Å². The lowest BCUT2D eigenvalue weighted by atomic mass is 10.2. The van der Waals surface area contributed by atoms with Gasteiger partial charge in [0.2, 0.25) is 5.95 Å². The maximum Gasteiger partial charge on any atom is 0.226 e. The van der Waals surface area contributed by atoms with Crippen molar-refractivity contribution < 1.29 is 0 Å². The normalized spacial score (nSPS) is 11.8. The molecule has 0 atom stereocenters. The van der Waals surface area contributed by atoms with Crippen LogP contribution in [0.1, 0.15) is 20.8 Å². The molecule has 0 radical (unpaired) electrons. The number of fused-ring (bicyclic) bond motifs is 1. The summed E-state index contributed by atoms with van der Waals surface area (Å²) in [4.78, 5) is 16.1. The molecule has 0 aliphatic rings. The molecule has 0 unspecified atom stereocenters. The largest absolute Gasteiger partial charge is 0.367 e. The van der Waals surface area contributed by atoms with Crippen molar-refractivity contribution in [3.05, 3.63) is 6.33 Å². The van der Waals surface area contributed by atoms with Crippen molar-refractivity contribution in [2.24, 2.45) is 0 Å². The number of imidazole rings is 1. The van der Waals surface area contributed by atoms with Crippen LogP contribution in [-0.4, -0.2) is 44.0 Å². The van der Waals surface area contributed by atoms with Gasteiger partial charge in [-0.25, -0.2) is 4.98 Å². The molecular weight excluding hydrogens is 260 g/mol. The van der Waals surface area contributed by atoms with E-state index in [1.807, 2.05) is 18.7 Å². The summed E-state index contributed by atoms with van der Waals surface area (Å²) < 4.78 is 0.148. The third kappa shape index (κ3) is 3.28. The SMILES string of the molecule is CCNc1nc(NCC(C)(C)SC)c2[nH]cnc2n1. The summed E-state index contributed by atoms with van der Waals surface area (Å²) in [7, 11) is 0. The Kier molecular flexibility index (Phi) is 4.14. The zero-order chi connectivity index (χ0) is 13.9. The predicted molar refractivity (Wildman–Crippen MR) is 81.9 cm³/mol. The fourth-order valence-corrected chi connectivity index (χ4v) is 1.78. The Balaban J connectivity index is 2.27. The molecule has 0 aromatic carbocycles. The summed E-state index contributed by atoms with van der Waals surface area (Å²) in [5, 5.41) is 6.50. The van der Waals surface area contributed by atoms with E-state index in [1.165, 1.54) is 0 Å². The van der Waals surface area contributed by atoms with E-state index < -0.39 is 0 Å². The molecule has 2 rings (SSSR count). The van der Waals surface area contributed by atoms with E-state index >= 15 is 0 Å². The third-order valence-electron chi connectivity index (χ3n) is 2.85. The second-order valence-corrected chi connectivity index (χ2v) is 6.36. The van der Waals surface area contributed by atoms with Gasteiger partial charge in [0.25, 0.3) is 0 Å². The van der Waals surface area contributed by atoms with Crippen LogP contribution in [0.4, 0.5) is 11.8 Å². The van der Waals surface area contributed by atoms with Crippen molar-refractivity contribution in [3.8, 4) is 0 Å². The van der Waals surface area contributed by atoms with Gasteiger partial charge in [-0.05, 0) is 27.0 Å². The van der Waals surface area contributed by atoms with Crippen molar-refractivity contribution in [3.63, 3.8) is 0 Å². The third-order valence-corrected chi connectivity index (χ3v) is 4.10. The Morgan fingerprint density at radius 2 is 2.11 bits per heavy atom. The van der Waals surface area contributed by atoms with Crippen LogP contribution in [-0.2, 0) is 0 Å². The van der Waals surface area contributed by atoms with Gasteiger partial charge < -0.3 is 15.6 Å². The fourth-order valence-electron chi connectivity index (χ4n) is 1.57. The molecule has 2 heterocycles. The highest BCUT2D eigenvalue weighted by Crippen LogP contribution is 2.24. The maximum atomic E-state index is 4.49. The summed E-state index contributed by atoms with van der Waals surface area (Å²) in [6.45, 7) is 8.01. The van der Waals surface area contributed by atoms with Crippen molar-refractivity contribution in [2.45, 2.75) is 25.5 Å². The fraction of sp³-hybridized carbons (Fsp3) is 0.583. The molecule has 6 nitrogen and oxygen atoms in total. The molecule has 0 spiro atoms. The number of nitrogens with one attached hydrogen (secondary N) is 3. The molecule has 0 saturated carbocycles. The quantitative estimate of drug-likeness (QED) is 0.754. The first-order chi connectivity index (χ1) is 9.05. The van der Waals surface area contributed by atoms with Crippen molar-refractivity contribution in [1.82, 2.24) is 19.9 Å². The zero-order valence-corrected chi connectivity index (χ0v) is 12.6. The Morgan fingerprint density at radius 3 is 2.79 bits per heavy atom. The van der Waals surface area contributed by atoms with Gasteiger partial charge in [-0.3, -0.25) is 0 Å². The molecule has 2 aromatic heterocycles. The van der Waals surface area contributed by atoms with E-state index in [0.717, 1.165) is 24.4 Å². The molecule has 104 valence electrons. The molecule has 0 amide bonds. The van der Waals surface area contributed by atoms with E-state index in [1.54, 1.807) is 6.33 Å². The number of hydrogen-bond acceptors (Lipinski definition) is 6. The molecule has 3 N–H and O–H groups in total. The first-order valence-electron chi connectivity index (χ1n) is 6.30. The Labute approximate surface area is 117 Å². The molecule has 7 heteroatoms.